The molecule has 1 rings (SSSR count). The fourth-order valence-electron chi connectivity index (χ4n) is 1.82. The Bertz CT molecular complexity index is 391. The summed E-state index contributed by atoms with van der Waals surface area (Å²) in [6.07, 6.45) is 2.82. The van der Waals surface area contributed by atoms with Crippen LogP contribution in [0, 0.1) is 11.8 Å². The fourth-order valence-corrected chi connectivity index (χ4v) is 1.82. The van der Waals surface area contributed by atoms with Gasteiger partial charge >= 0.3 is 0 Å². The second-order valence-electron chi connectivity index (χ2n) is 5.64. The second kappa shape index (κ2) is 7.16. The van der Waals surface area contributed by atoms with Crippen LogP contribution >= 0.6 is 0 Å². The highest BCUT2D eigenvalue weighted by Crippen LogP contribution is 2.20. The number of nitrogen functional groups attached to an aromatic ring is 1. The van der Waals surface area contributed by atoms with Crippen molar-refractivity contribution in [2.24, 2.45) is 11.8 Å². The van der Waals surface area contributed by atoms with Gasteiger partial charge in [0.2, 0.25) is 5.95 Å². The number of nitrogens with zero attached hydrogens (tertiary/aromatic N) is 3. The first-order valence-corrected chi connectivity index (χ1v) is 7.01. The Labute approximate surface area is 116 Å². The van der Waals surface area contributed by atoms with E-state index >= 15 is 0 Å². The van der Waals surface area contributed by atoms with E-state index in [2.05, 4.69) is 47.9 Å². The van der Waals surface area contributed by atoms with E-state index < -0.39 is 0 Å². The first kappa shape index (κ1) is 15.5. The molecule has 3 N–H and O–H groups in total. The van der Waals surface area contributed by atoms with Crippen LogP contribution < -0.4 is 16.0 Å². The number of nitrogens with two attached hydrogens (primary N) is 1. The lowest BCUT2D eigenvalue weighted by molar-refractivity contribution is 0.591. The van der Waals surface area contributed by atoms with E-state index in [1.54, 1.807) is 6.20 Å². The minimum absolute atomic E-state index is 0.566. The maximum Gasteiger partial charge on any atom is 0.224 e. The van der Waals surface area contributed by atoms with Crippen molar-refractivity contribution in [3.05, 3.63) is 6.20 Å². The van der Waals surface area contributed by atoms with Gasteiger partial charge in [0.05, 0.1) is 11.9 Å². The summed E-state index contributed by atoms with van der Waals surface area (Å²) in [4.78, 5) is 10.8. The predicted molar refractivity (Wildman–Crippen MR) is 82.5 cm³/mol. The van der Waals surface area contributed by atoms with E-state index in [4.69, 9.17) is 5.73 Å². The normalized spacial score (nSPS) is 12.5. The Morgan fingerprint density at radius 3 is 2.63 bits per heavy atom. The van der Waals surface area contributed by atoms with Crippen molar-refractivity contribution in [1.29, 1.82) is 0 Å². The Morgan fingerprint density at radius 2 is 2.05 bits per heavy atom. The highest BCUT2D eigenvalue weighted by molar-refractivity contribution is 5.62. The van der Waals surface area contributed by atoms with Gasteiger partial charge in [0.15, 0.2) is 5.82 Å². The second-order valence-corrected chi connectivity index (χ2v) is 5.64. The molecule has 1 aromatic rings. The van der Waals surface area contributed by atoms with Gasteiger partial charge in [-0.1, -0.05) is 34.1 Å². The van der Waals surface area contributed by atoms with E-state index in [-0.39, 0.29) is 0 Å². The smallest absolute Gasteiger partial charge is 0.224 e. The van der Waals surface area contributed by atoms with Gasteiger partial charge in [-0.2, -0.15) is 4.98 Å². The highest BCUT2D eigenvalue weighted by Gasteiger charge is 2.11. The average Bonchev–Trinajstić information content (AvgIpc) is 2.36. The molecule has 0 amide bonds. The number of nitrogens with one attached hydrogen (secondary N) is 1. The van der Waals surface area contributed by atoms with Crippen LogP contribution in [0.2, 0.25) is 0 Å². The van der Waals surface area contributed by atoms with Crippen molar-refractivity contribution >= 4 is 17.5 Å². The van der Waals surface area contributed by atoms with Crippen LogP contribution in [-0.4, -0.2) is 30.1 Å². The maximum atomic E-state index is 5.95. The lowest BCUT2D eigenvalue weighted by Crippen LogP contribution is -2.25. The van der Waals surface area contributed by atoms with E-state index in [9.17, 15) is 0 Å². The van der Waals surface area contributed by atoms with Crippen molar-refractivity contribution in [2.45, 2.75) is 34.1 Å². The van der Waals surface area contributed by atoms with Crippen LogP contribution in [0.15, 0.2) is 6.20 Å². The summed E-state index contributed by atoms with van der Waals surface area (Å²) in [5, 5.41) is 3.27. The topological polar surface area (TPSA) is 67.1 Å². The Hall–Kier alpha value is -1.52. The third-order valence-corrected chi connectivity index (χ3v) is 3.10. The van der Waals surface area contributed by atoms with Crippen LogP contribution in [0.3, 0.4) is 0 Å². The molecule has 0 aromatic carbocycles. The zero-order valence-electron chi connectivity index (χ0n) is 12.8. The van der Waals surface area contributed by atoms with Gasteiger partial charge in [-0.05, 0) is 11.8 Å². The van der Waals surface area contributed by atoms with Crippen molar-refractivity contribution < 1.29 is 0 Å². The maximum absolute atomic E-state index is 5.95. The molecule has 0 bridgehead atoms. The van der Waals surface area contributed by atoms with Crippen LogP contribution in [0.5, 0.6) is 0 Å². The molecule has 5 nitrogen and oxygen atoms in total. The van der Waals surface area contributed by atoms with Crippen LogP contribution in [-0.2, 0) is 0 Å². The number of anilines is 3. The van der Waals surface area contributed by atoms with Gasteiger partial charge in [0, 0.05) is 20.1 Å². The monoisotopic (exact) mass is 265 g/mol. The number of hydrogen-bond donors (Lipinski definition) is 2. The minimum atomic E-state index is 0.566. The molecule has 1 unspecified atom stereocenters. The molecule has 1 heterocycles. The Balaban J connectivity index is 2.76. The SMILES string of the molecule is CCC(C)CNc1ncc(N)c(N(C)CC(C)C)n1. The van der Waals surface area contributed by atoms with E-state index in [1.807, 2.05) is 7.05 Å². The van der Waals surface area contributed by atoms with Gasteiger partial charge in [0.1, 0.15) is 0 Å². The van der Waals surface area contributed by atoms with Gasteiger partial charge in [-0.15, -0.1) is 0 Å². The third kappa shape index (κ3) is 4.93. The van der Waals surface area contributed by atoms with Crippen molar-refractivity contribution in [3.8, 4) is 0 Å². The predicted octanol–water partition coefficient (Wildman–Crippen LogP) is 2.61. The molecule has 108 valence electrons. The van der Waals surface area contributed by atoms with Crippen LogP contribution in [0.25, 0.3) is 0 Å². The number of aromatic nitrogens is 2. The molecule has 0 saturated heterocycles. The quantitative estimate of drug-likeness (QED) is 0.793. The summed E-state index contributed by atoms with van der Waals surface area (Å²) in [6, 6.07) is 0. The molecular formula is C14H27N5. The van der Waals surface area contributed by atoms with E-state index in [1.165, 1.54) is 0 Å². The highest BCUT2D eigenvalue weighted by atomic mass is 15.2. The summed E-state index contributed by atoms with van der Waals surface area (Å²) in [6.45, 7) is 10.5. The molecule has 1 aromatic heterocycles. The standard InChI is InChI=1S/C14H27N5/c1-6-11(4)7-16-14-17-8-12(15)13(18-14)19(5)9-10(2)3/h8,10-11H,6-7,9,15H2,1-5H3,(H,16,17,18). The van der Waals surface area contributed by atoms with Gasteiger partial charge in [0.25, 0.3) is 0 Å². The third-order valence-electron chi connectivity index (χ3n) is 3.10. The first-order valence-electron chi connectivity index (χ1n) is 7.01. The molecule has 0 saturated carbocycles. The lowest BCUT2D eigenvalue weighted by atomic mass is 10.1. The van der Waals surface area contributed by atoms with Crippen LogP contribution in [0.1, 0.15) is 34.1 Å². The molecule has 5 heteroatoms. The van der Waals surface area contributed by atoms with Crippen molar-refractivity contribution in [1.82, 2.24) is 9.97 Å². The molecule has 0 fully saturated rings. The lowest BCUT2D eigenvalue weighted by Gasteiger charge is -2.22. The van der Waals surface area contributed by atoms with Crippen molar-refractivity contribution in [2.75, 3.05) is 36.1 Å². The van der Waals surface area contributed by atoms with E-state index in [0.717, 1.165) is 25.3 Å². The molecule has 1 atom stereocenters. The fraction of sp³-hybridized carbons (Fsp3) is 0.714. The Kier molecular flexibility index (Phi) is 5.86. The van der Waals surface area contributed by atoms with Gasteiger partial charge in [-0.3, -0.25) is 0 Å². The molecule has 0 aliphatic heterocycles. The largest absolute Gasteiger partial charge is 0.394 e. The summed E-state index contributed by atoms with van der Waals surface area (Å²) < 4.78 is 0. The van der Waals surface area contributed by atoms with E-state index in [0.29, 0.717) is 23.5 Å². The molecule has 19 heavy (non-hydrogen) atoms. The summed E-state index contributed by atoms with van der Waals surface area (Å²) in [5.74, 6) is 2.63. The summed E-state index contributed by atoms with van der Waals surface area (Å²) in [5.41, 5.74) is 6.58. The number of rotatable bonds is 7. The average molecular weight is 265 g/mol. The zero-order chi connectivity index (χ0) is 14.4. The molecular weight excluding hydrogens is 238 g/mol. The summed E-state index contributed by atoms with van der Waals surface area (Å²) >= 11 is 0. The molecule has 0 aliphatic rings. The zero-order valence-corrected chi connectivity index (χ0v) is 12.8. The van der Waals surface area contributed by atoms with Crippen LogP contribution in [0.4, 0.5) is 17.5 Å². The summed E-state index contributed by atoms with van der Waals surface area (Å²) in [7, 11) is 2.01. The molecule has 0 aliphatic carbocycles. The molecule has 0 radical (unpaired) electrons. The molecule has 0 spiro atoms. The number of hydrogen-bond acceptors (Lipinski definition) is 5. The Morgan fingerprint density at radius 1 is 1.37 bits per heavy atom. The first-order chi connectivity index (χ1) is 8.93. The van der Waals surface area contributed by atoms with Crippen molar-refractivity contribution in [3.63, 3.8) is 0 Å². The van der Waals surface area contributed by atoms with Gasteiger partial charge in [-0.25, -0.2) is 4.98 Å². The minimum Gasteiger partial charge on any atom is -0.394 e. The van der Waals surface area contributed by atoms with Gasteiger partial charge < -0.3 is 16.0 Å².